The summed E-state index contributed by atoms with van der Waals surface area (Å²) in [7, 11) is 2.05. The second-order valence-corrected chi connectivity index (χ2v) is 9.15. The molecule has 2 rings (SSSR count). The van der Waals surface area contributed by atoms with E-state index in [4.69, 9.17) is 4.99 Å². The van der Waals surface area contributed by atoms with Crippen molar-refractivity contribution in [3.8, 4) is 0 Å². The number of anilines is 1. The summed E-state index contributed by atoms with van der Waals surface area (Å²) in [4.78, 5) is 19.4. The summed E-state index contributed by atoms with van der Waals surface area (Å²) >= 11 is 0. The summed E-state index contributed by atoms with van der Waals surface area (Å²) in [6.07, 6.45) is 5.58. The van der Waals surface area contributed by atoms with Gasteiger partial charge in [0.25, 0.3) is 0 Å². The SMILES string of the molecule is C=Cc1ccc(CC(=O)Nc2cccc([C@H](C)NC(C)C=N/C(=C/N(C)CC)C(C)C)c2)cc1F.CC.CC.[HH].[HH]. The molecule has 0 aliphatic carbocycles. The predicted octanol–water partition coefficient (Wildman–Crippen LogP) is 8.75. The second kappa shape index (κ2) is 19.8. The maximum absolute atomic E-state index is 14.0. The molecule has 0 spiro atoms. The molecule has 39 heavy (non-hydrogen) atoms. The van der Waals surface area contributed by atoms with E-state index in [9.17, 15) is 9.18 Å². The van der Waals surface area contributed by atoms with Gasteiger partial charge >= 0.3 is 0 Å². The predicted molar refractivity (Wildman–Crippen MR) is 173 cm³/mol. The molecule has 220 valence electrons. The van der Waals surface area contributed by atoms with Crippen LogP contribution in [0.4, 0.5) is 10.1 Å². The van der Waals surface area contributed by atoms with Gasteiger partial charge < -0.3 is 15.5 Å². The minimum absolute atomic E-state index is 0. The summed E-state index contributed by atoms with van der Waals surface area (Å²) in [6, 6.07) is 12.6. The third-order valence-electron chi connectivity index (χ3n) is 5.72. The molecule has 2 aromatic carbocycles. The summed E-state index contributed by atoms with van der Waals surface area (Å²) in [5.74, 6) is -0.237. The first-order valence-electron chi connectivity index (χ1n) is 14.2. The van der Waals surface area contributed by atoms with Crippen molar-refractivity contribution in [2.24, 2.45) is 10.9 Å². The third-order valence-corrected chi connectivity index (χ3v) is 5.72. The number of halogens is 1. The summed E-state index contributed by atoms with van der Waals surface area (Å²) in [5, 5.41) is 6.46. The number of amides is 1. The molecule has 2 N–H and O–H groups in total. The van der Waals surface area contributed by atoms with Gasteiger partial charge in [0.1, 0.15) is 5.82 Å². The van der Waals surface area contributed by atoms with Gasteiger partial charge in [0, 0.05) is 52.2 Å². The summed E-state index contributed by atoms with van der Waals surface area (Å²) < 4.78 is 14.0. The normalized spacial score (nSPS) is 12.6. The second-order valence-electron chi connectivity index (χ2n) is 9.15. The molecule has 0 fully saturated rings. The number of hydrogen-bond acceptors (Lipinski definition) is 4. The zero-order valence-corrected chi connectivity index (χ0v) is 25.8. The standard InChI is InChI=1S/C29H39FN4O.2C2H6.2H2/c1-8-24-14-13-23(15-27(24)30)16-29(35)33-26-12-10-11-25(17-26)22(6)32-21(5)18-31-28(20(3)4)19-34(7)9-2;2*1-2;;/h8,10-15,17-22,32H,1,9,16H2,2-7H3,(H,33,35);2*1-2H3;2*1H/b28-19+,31-18?;;;;/t21?,22-;;;;/m0..../s1. The van der Waals surface area contributed by atoms with E-state index in [0.29, 0.717) is 22.7 Å². The number of rotatable bonds is 12. The Bertz CT molecular complexity index is 1070. The molecule has 0 aliphatic rings. The smallest absolute Gasteiger partial charge is 0.228 e. The van der Waals surface area contributed by atoms with E-state index in [-0.39, 0.29) is 33.1 Å². The molecule has 2 atom stereocenters. The van der Waals surface area contributed by atoms with Gasteiger partial charge in [-0.15, -0.1) is 0 Å². The molecule has 0 radical (unpaired) electrons. The molecule has 0 heterocycles. The van der Waals surface area contributed by atoms with E-state index in [1.54, 1.807) is 12.1 Å². The highest BCUT2D eigenvalue weighted by molar-refractivity contribution is 5.92. The van der Waals surface area contributed by atoms with Gasteiger partial charge in [0.15, 0.2) is 0 Å². The van der Waals surface area contributed by atoms with Gasteiger partial charge in [-0.3, -0.25) is 9.79 Å². The van der Waals surface area contributed by atoms with Crippen molar-refractivity contribution in [2.45, 2.75) is 80.8 Å². The average molecular weight is 543 g/mol. The van der Waals surface area contributed by atoms with Crippen LogP contribution in [-0.2, 0) is 11.2 Å². The third kappa shape index (κ3) is 13.4. The molecule has 0 aliphatic heterocycles. The molecule has 0 saturated heterocycles. The Hall–Kier alpha value is -3.25. The monoisotopic (exact) mass is 542 g/mol. The van der Waals surface area contributed by atoms with Gasteiger partial charge in [-0.2, -0.15) is 0 Å². The van der Waals surface area contributed by atoms with E-state index in [2.05, 4.69) is 62.9 Å². The van der Waals surface area contributed by atoms with Crippen LogP contribution in [0.5, 0.6) is 0 Å². The zero-order valence-electron chi connectivity index (χ0n) is 25.8. The van der Waals surface area contributed by atoms with Crippen molar-refractivity contribution >= 4 is 23.9 Å². The maximum Gasteiger partial charge on any atom is 0.228 e. The number of aliphatic imine (C=N–C) groups is 1. The summed E-state index contributed by atoms with van der Waals surface area (Å²) in [5.41, 5.74) is 3.84. The van der Waals surface area contributed by atoms with E-state index in [0.717, 1.165) is 17.8 Å². The lowest BCUT2D eigenvalue weighted by atomic mass is 10.1. The average Bonchev–Trinajstić information content (AvgIpc) is 2.93. The molecule has 1 unspecified atom stereocenters. The number of benzene rings is 2. The molecule has 5 nitrogen and oxygen atoms in total. The molecule has 0 bridgehead atoms. The van der Waals surface area contributed by atoms with E-state index in [1.807, 2.05) is 65.2 Å². The molecule has 0 aromatic heterocycles. The first-order valence-corrected chi connectivity index (χ1v) is 14.2. The van der Waals surface area contributed by atoms with Crippen LogP contribution in [0, 0.1) is 11.7 Å². The number of nitrogens with zero attached hydrogens (tertiary/aromatic N) is 2. The highest BCUT2D eigenvalue weighted by atomic mass is 19.1. The number of allylic oxidation sites excluding steroid dienone is 1. The number of carbonyl (C=O) groups excluding carboxylic acids is 1. The van der Waals surface area contributed by atoms with Crippen LogP contribution in [-0.4, -0.2) is 36.7 Å². The van der Waals surface area contributed by atoms with E-state index < -0.39 is 0 Å². The van der Waals surface area contributed by atoms with Crippen molar-refractivity contribution in [1.82, 2.24) is 10.2 Å². The Morgan fingerprint density at radius 2 is 1.77 bits per heavy atom. The van der Waals surface area contributed by atoms with Crippen molar-refractivity contribution in [3.63, 3.8) is 0 Å². The minimum Gasteiger partial charge on any atom is -0.379 e. The lowest BCUT2D eigenvalue weighted by Crippen LogP contribution is -2.30. The van der Waals surface area contributed by atoms with Gasteiger partial charge in [-0.1, -0.05) is 78.5 Å². The van der Waals surface area contributed by atoms with Crippen molar-refractivity contribution < 1.29 is 12.0 Å². The Morgan fingerprint density at radius 1 is 1.10 bits per heavy atom. The van der Waals surface area contributed by atoms with Crippen LogP contribution in [0.3, 0.4) is 0 Å². The quantitative estimate of drug-likeness (QED) is 0.264. The minimum atomic E-state index is -0.377. The van der Waals surface area contributed by atoms with Gasteiger partial charge in [0.05, 0.1) is 12.1 Å². The Labute approximate surface area is 240 Å². The van der Waals surface area contributed by atoms with Gasteiger partial charge in [-0.25, -0.2) is 4.39 Å². The molecular formula is C33H55FN4O. The van der Waals surface area contributed by atoms with Crippen LogP contribution in [0.25, 0.3) is 6.08 Å². The molecule has 6 heteroatoms. The topological polar surface area (TPSA) is 56.7 Å². The highest BCUT2D eigenvalue weighted by Gasteiger charge is 2.11. The van der Waals surface area contributed by atoms with Crippen LogP contribution >= 0.6 is 0 Å². The largest absolute Gasteiger partial charge is 0.379 e. The van der Waals surface area contributed by atoms with Crippen molar-refractivity contribution in [3.05, 3.63) is 83.4 Å². The number of nitrogens with one attached hydrogen (secondary N) is 2. The Balaban J connectivity index is -0.00000230. The molecule has 0 saturated carbocycles. The molecular weight excluding hydrogens is 487 g/mol. The fourth-order valence-electron chi connectivity index (χ4n) is 3.50. The van der Waals surface area contributed by atoms with Gasteiger partial charge in [-0.05, 0) is 56.0 Å². The number of carbonyl (C=O) groups is 1. The van der Waals surface area contributed by atoms with Crippen LogP contribution in [0.1, 0.15) is 87.9 Å². The van der Waals surface area contributed by atoms with E-state index >= 15 is 0 Å². The Morgan fingerprint density at radius 3 is 2.33 bits per heavy atom. The first-order chi connectivity index (χ1) is 18.6. The Kier molecular flexibility index (Phi) is 18.1. The summed E-state index contributed by atoms with van der Waals surface area (Å²) in [6.45, 7) is 23.1. The van der Waals surface area contributed by atoms with Crippen LogP contribution < -0.4 is 10.6 Å². The van der Waals surface area contributed by atoms with Gasteiger partial charge in [0.2, 0.25) is 5.91 Å². The van der Waals surface area contributed by atoms with Crippen molar-refractivity contribution in [1.29, 1.82) is 0 Å². The van der Waals surface area contributed by atoms with Crippen molar-refractivity contribution in [2.75, 3.05) is 18.9 Å². The lowest BCUT2D eigenvalue weighted by Gasteiger charge is -2.19. The molecule has 1 amide bonds. The van der Waals surface area contributed by atoms with Crippen LogP contribution in [0.15, 0.2) is 65.9 Å². The highest BCUT2D eigenvalue weighted by Crippen LogP contribution is 2.19. The molecule has 2 aromatic rings. The fourth-order valence-corrected chi connectivity index (χ4v) is 3.50. The fraction of sp³-hybridized carbons (Fsp3) is 0.455. The van der Waals surface area contributed by atoms with E-state index in [1.165, 1.54) is 12.1 Å². The number of hydrogen-bond donors (Lipinski definition) is 2. The lowest BCUT2D eigenvalue weighted by molar-refractivity contribution is -0.115. The first kappa shape index (κ1) is 35.8. The maximum atomic E-state index is 14.0. The zero-order chi connectivity index (χ0) is 30.0. The van der Waals surface area contributed by atoms with Crippen LogP contribution in [0.2, 0.25) is 0 Å².